The topological polar surface area (TPSA) is 100 Å². The van der Waals surface area contributed by atoms with Gasteiger partial charge in [-0.3, -0.25) is 9.36 Å². The van der Waals surface area contributed by atoms with Gasteiger partial charge in [0, 0.05) is 39.9 Å². The molecule has 2 aromatic heterocycles. The molecule has 0 unspecified atom stereocenters. The van der Waals surface area contributed by atoms with Gasteiger partial charge >= 0.3 is 11.6 Å². The highest BCUT2D eigenvalue weighted by Crippen LogP contribution is 2.39. The van der Waals surface area contributed by atoms with Crippen molar-refractivity contribution >= 4 is 68.3 Å². The van der Waals surface area contributed by atoms with Crippen LogP contribution < -0.4 is 16.1 Å². The molecule has 2 heterocycles. The number of rotatable bonds is 3. The van der Waals surface area contributed by atoms with Crippen molar-refractivity contribution in [2.24, 2.45) is 0 Å². The molecule has 0 amide bonds. The minimum atomic E-state index is -0.612. The zero-order valence-corrected chi connectivity index (χ0v) is 21.5. The predicted molar refractivity (Wildman–Crippen MR) is 152 cm³/mol. The molecule has 6 rings (SSSR count). The third-order valence-corrected chi connectivity index (χ3v) is 6.80. The molecule has 0 atom stereocenters. The number of carbonyl (C=O) groups excluding carboxylic acids is 1. The minimum absolute atomic E-state index is 0.195. The van der Waals surface area contributed by atoms with E-state index in [4.69, 9.17) is 43.7 Å². The summed E-state index contributed by atoms with van der Waals surface area (Å²) in [6, 6.07) is 23.5. The van der Waals surface area contributed by atoms with Gasteiger partial charge < -0.3 is 14.9 Å². The van der Waals surface area contributed by atoms with E-state index in [-0.39, 0.29) is 21.5 Å². The lowest BCUT2D eigenvalue weighted by molar-refractivity contribution is -0.131. The summed E-state index contributed by atoms with van der Waals surface area (Å²) in [5, 5.41) is 2.63. The van der Waals surface area contributed by atoms with Crippen LogP contribution in [0.1, 0.15) is 6.92 Å². The predicted octanol–water partition coefficient (Wildman–Crippen LogP) is 6.84. The van der Waals surface area contributed by atoms with Gasteiger partial charge in [0.15, 0.2) is 0 Å². The van der Waals surface area contributed by atoms with Gasteiger partial charge in [-0.05, 0) is 65.8 Å². The molecule has 7 nitrogen and oxygen atoms in total. The molecule has 38 heavy (non-hydrogen) atoms. The highest BCUT2D eigenvalue weighted by Gasteiger charge is 2.21. The Balaban J connectivity index is 1.79. The molecule has 186 valence electrons. The molecule has 2 N–H and O–H groups in total. The number of aromatic nitrogens is 2. The average Bonchev–Trinajstić information content (AvgIpc) is 2.88. The zero-order valence-electron chi connectivity index (χ0n) is 19.9. The molecular weight excluding hydrogens is 522 g/mol. The smallest absolute Gasteiger partial charge is 0.346 e. The largest absolute Gasteiger partial charge is 0.427 e. The van der Waals surface area contributed by atoms with Crippen LogP contribution in [-0.2, 0) is 4.79 Å². The summed E-state index contributed by atoms with van der Waals surface area (Å²) in [6.07, 6.45) is 0. The Labute approximate surface area is 225 Å². The first-order valence-electron chi connectivity index (χ1n) is 11.6. The Hall–Kier alpha value is -4.53. The summed E-state index contributed by atoms with van der Waals surface area (Å²) in [5.74, 6) is 0.126. The summed E-state index contributed by atoms with van der Waals surface area (Å²) >= 11 is 11.8. The van der Waals surface area contributed by atoms with Crippen LogP contribution in [0.25, 0.3) is 49.5 Å². The van der Waals surface area contributed by atoms with Crippen LogP contribution >= 0.6 is 23.8 Å². The lowest BCUT2D eigenvalue weighted by atomic mass is 9.95. The number of hydrogen-bond acceptors (Lipinski definition) is 7. The number of para-hydroxylation sites is 1. The van der Waals surface area contributed by atoms with Crippen LogP contribution in [-0.4, -0.2) is 15.5 Å². The molecule has 0 fully saturated rings. The molecule has 9 heteroatoms. The van der Waals surface area contributed by atoms with Crippen molar-refractivity contribution < 1.29 is 13.9 Å². The van der Waals surface area contributed by atoms with E-state index < -0.39 is 11.6 Å². The van der Waals surface area contributed by atoms with Crippen molar-refractivity contribution in [3.8, 4) is 22.6 Å². The standard InChI is InChI=1S/C29H18ClN3O4S/c1-15(34)36-19-11-12-20-22-14-21(16-7-9-17(30)10-8-16)24-26(25(22)28(35)37-23(20)13-19)32-29(38)33(27(24)31)18-5-3-2-4-6-18/h2-14H,31H2,1H3. The van der Waals surface area contributed by atoms with Gasteiger partial charge in [0.05, 0.1) is 10.9 Å². The number of esters is 1. The summed E-state index contributed by atoms with van der Waals surface area (Å²) in [4.78, 5) is 29.5. The van der Waals surface area contributed by atoms with Crippen LogP contribution in [0.4, 0.5) is 5.82 Å². The van der Waals surface area contributed by atoms with Crippen molar-refractivity contribution in [2.45, 2.75) is 6.92 Å². The monoisotopic (exact) mass is 539 g/mol. The molecular formula is C29H18ClN3O4S. The number of nitrogens with zero attached hydrogens (tertiary/aromatic N) is 2. The molecule has 0 radical (unpaired) electrons. The van der Waals surface area contributed by atoms with E-state index in [0.717, 1.165) is 16.8 Å². The van der Waals surface area contributed by atoms with E-state index in [1.165, 1.54) is 13.0 Å². The second-order valence-electron chi connectivity index (χ2n) is 8.67. The zero-order chi connectivity index (χ0) is 26.6. The summed E-state index contributed by atoms with van der Waals surface area (Å²) in [5.41, 5.74) is 9.09. The first-order chi connectivity index (χ1) is 18.3. The van der Waals surface area contributed by atoms with Gasteiger partial charge in [0.1, 0.15) is 17.2 Å². The van der Waals surface area contributed by atoms with Crippen LogP contribution in [0.15, 0.2) is 88.1 Å². The fraction of sp³-hybridized carbons (Fsp3) is 0.0345. The Morgan fingerprint density at radius 1 is 1.00 bits per heavy atom. The van der Waals surface area contributed by atoms with Crippen LogP contribution in [0.5, 0.6) is 5.75 Å². The third-order valence-electron chi connectivity index (χ3n) is 6.28. The molecule has 6 aromatic rings. The van der Waals surface area contributed by atoms with Crippen molar-refractivity contribution in [1.82, 2.24) is 9.55 Å². The SMILES string of the molecule is CC(=O)Oc1ccc2c(c1)oc(=O)c1c2cc(-c2ccc(Cl)cc2)c2c(N)n(-c3ccccc3)c(=S)nc21. The molecule has 0 bridgehead atoms. The number of benzene rings is 4. The van der Waals surface area contributed by atoms with Crippen molar-refractivity contribution in [3.63, 3.8) is 0 Å². The Morgan fingerprint density at radius 2 is 1.74 bits per heavy atom. The molecule has 0 aliphatic rings. The quantitative estimate of drug-likeness (QED) is 0.0863. The molecule has 0 spiro atoms. The maximum absolute atomic E-state index is 13.4. The number of ether oxygens (including phenoxy) is 1. The van der Waals surface area contributed by atoms with Gasteiger partial charge in [-0.15, -0.1) is 0 Å². The number of nitrogen functional groups attached to an aromatic ring is 1. The molecule has 4 aromatic carbocycles. The molecule has 0 aliphatic heterocycles. The maximum Gasteiger partial charge on any atom is 0.346 e. The maximum atomic E-state index is 13.4. The minimum Gasteiger partial charge on any atom is -0.427 e. The highest BCUT2D eigenvalue weighted by atomic mass is 35.5. The van der Waals surface area contributed by atoms with E-state index in [1.54, 1.807) is 28.8 Å². The second-order valence-corrected chi connectivity index (χ2v) is 9.47. The summed E-state index contributed by atoms with van der Waals surface area (Å²) in [6.45, 7) is 1.30. The third kappa shape index (κ3) is 3.91. The van der Waals surface area contributed by atoms with E-state index in [1.807, 2.05) is 48.5 Å². The number of nitrogens with two attached hydrogens (primary N) is 1. The van der Waals surface area contributed by atoms with E-state index in [0.29, 0.717) is 32.5 Å². The van der Waals surface area contributed by atoms with E-state index in [9.17, 15) is 9.59 Å². The average molecular weight is 540 g/mol. The van der Waals surface area contributed by atoms with Gasteiger partial charge in [0.2, 0.25) is 4.77 Å². The fourth-order valence-electron chi connectivity index (χ4n) is 4.69. The number of halogens is 1. The molecule has 0 aliphatic carbocycles. The summed E-state index contributed by atoms with van der Waals surface area (Å²) < 4.78 is 12.7. The Bertz CT molecular complexity index is 2040. The fourth-order valence-corrected chi connectivity index (χ4v) is 5.11. The van der Waals surface area contributed by atoms with Gasteiger partial charge in [-0.1, -0.05) is 41.9 Å². The van der Waals surface area contributed by atoms with Crippen molar-refractivity contribution in [1.29, 1.82) is 0 Å². The Morgan fingerprint density at radius 3 is 2.45 bits per heavy atom. The molecule has 0 saturated heterocycles. The van der Waals surface area contributed by atoms with Crippen molar-refractivity contribution in [3.05, 3.63) is 99.1 Å². The summed E-state index contributed by atoms with van der Waals surface area (Å²) in [7, 11) is 0. The first kappa shape index (κ1) is 23.8. The van der Waals surface area contributed by atoms with E-state index >= 15 is 0 Å². The number of carbonyl (C=O) groups is 1. The molecule has 0 saturated carbocycles. The number of anilines is 1. The van der Waals surface area contributed by atoms with Gasteiger partial charge in [0.25, 0.3) is 0 Å². The van der Waals surface area contributed by atoms with Crippen LogP contribution in [0.3, 0.4) is 0 Å². The van der Waals surface area contributed by atoms with Crippen LogP contribution in [0, 0.1) is 4.77 Å². The first-order valence-corrected chi connectivity index (χ1v) is 12.4. The van der Waals surface area contributed by atoms with Crippen LogP contribution in [0.2, 0.25) is 5.02 Å². The van der Waals surface area contributed by atoms with Gasteiger partial charge in [-0.2, -0.15) is 0 Å². The Kier molecular flexibility index (Phi) is 5.71. The number of fused-ring (bicyclic) bond motifs is 5. The second kappa shape index (κ2) is 9.09. The normalized spacial score (nSPS) is 11.3. The van der Waals surface area contributed by atoms with E-state index in [2.05, 4.69) is 0 Å². The number of hydrogen-bond donors (Lipinski definition) is 1. The lowest BCUT2D eigenvalue weighted by Crippen LogP contribution is -2.10. The van der Waals surface area contributed by atoms with Crippen molar-refractivity contribution in [2.75, 3.05) is 5.73 Å². The highest BCUT2D eigenvalue weighted by molar-refractivity contribution is 7.71. The lowest BCUT2D eigenvalue weighted by Gasteiger charge is -2.17. The van der Waals surface area contributed by atoms with Gasteiger partial charge in [-0.25, -0.2) is 9.78 Å².